The molecule has 2 aliphatic rings. The van der Waals surface area contributed by atoms with Crippen molar-refractivity contribution in [1.82, 2.24) is 9.80 Å². The molecule has 1 heterocycles. The summed E-state index contributed by atoms with van der Waals surface area (Å²) in [6, 6.07) is 21.6. The fourth-order valence-electron chi connectivity index (χ4n) is 4.48. The number of nitrogens with zero attached hydrogens (tertiary/aromatic N) is 2. The Bertz CT molecular complexity index is 737. The molecule has 26 heavy (non-hydrogen) atoms. The highest BCUT2D eigenvalue weighted by atomic mass is 16.2. The van der Waals surface area contributed by atoms with Crippen LogP contribution >= 0.6 is 0 Å². The van der Waals surface area contributed by atoms with E-state index in [1.165, 1.54) is 11.1 Å². The summed E-state index contributed by atoms with van der Waals surface area (Å²) in [5, 5.41) is 0. The molecule has 3 nitrogen and oxygen atoms in total. The summed E-state index contributed by atoms with van der Waals surface area (Å²) in [5.74, 6) is 0.860. The van der Waals surface area contributed by atoms with E-state index in [1.807, 2.05) is 0 Å². The summed E-state index contributed by atoms with van der Waals surface area (Å²) in [7, 11) is 2.13. The lowest BCUT2D eigenvalue weighted by molar-refractivity contribution is -0.133. The van der Waals surface area contributed by atoms with Gasteiger partial charge in [0.15, 0.2) is 0 Å². The highest BCUT2D eigenvalue weighted by molar-refractivity contribution is 5.76. The number of hydrogen-bond donors (Lipinski definition) is 0. The first kappa shape index (κ1) is 17.3. The molecule has 0 aromatic heterocycles. The molecular formula is C23H28N2O. The van der Waals surface area contributed by atoms with Crippen molar-refractivity contribution in [3.63, 3.8) is 0 Å². The summed E-state index contributed by atoms with van der Waals surface area (Å²) in [5.41, 5.74) is 2.92. The topological polar surface area (TPSA) is 23.6 Å². The quantitative estimate of drug-likeness (QED) is 0.823. The van der Waals surface area contributed by atoms with Gasteiger partial charge in [-0.15, -0.1) is 0 Å². The third-order valence-electron chi connectivity index (χ3n) is 6.27. The summed E-state index contributed by atoms with van der Waals surface area (Å²) >= 11 is 0. The van der Waals surface area contributed by atoms with E-state index < -0.39 is 0 Å². The number of rotatable bonds is 5. The first-order chi connectivity index (χ1) is 12.7. The molecule has 0 radical (unpaired) electrons. The van der Waals surface area contributed by atoms with Crippen LogP contribution in [0.1, 0.15) is 36.3 Å². The van der Waals surface area contributed by atoms with Crippen molar-refractivity contribution in [2.75, 3.05) is 33.2 Å². The number of amides is 1. The van der Waals surface area contributed by atoms with Gasteiger partial charge in [0.25, 0.3) is 0 Å². The molecule has 0 unspecified atom stereocenters. The summed E-state index contributed by atoms with van der Waals surface area (Å²) in [6.07, 6.45) is 2.75. The number of benzene rings is 2. The van der Waals surface area contributed by atoms with Gasteiger partial charge in [0.05, 0.1) is 0 Å². The van der Waals surface area contributed by atoms with Gasteiger partial charge < -0.3 is 9.80 Å². The fraction of sp³-hybridized carbons (Fsp3) is 0.435. The van der Waals surface area contributed by atoms with Crippen LogP contribution in [-0.2, 0) is 10.2 Å². The van der Waals surface area contributed by atoms with Crippen molar-refractivity contribution >= 4 is 5.91 Å². The van der Waals surface area contributed by atoms with Gasteiger partial charge in [-0.25, -0.2) is 0 Å². The molecule has 1 aliphatic heterocycles. The maximum atomic E-state index is 12.8. The van der Waals surface area contributed by atoms with Crippen molar-refractivity contribution in [3.05, 3.63) is 71.8 Å². The second kappa shape index (κ2) is 7.24. The predicted octanol–water partition coefficient (Wildman–Crippen LogP) is 3.67. The minimum atomic E-state index is 0.130. The average molecular weight is 348 g/mol. The van der Waals surface area contributed by atoms with Crippen LogP contribution in [0.2, 0.25) is 0 Å². The molecule has 3 heteroatoms. The van der Waals surface area contributed by atoms with Gasteiger partial charge in [0, 0.05) is 38.0 Å². The lowest BCUT2D eigenvalue weighted by atomic mass is 9.86. The molecule has 1 saturated carbocycles. The van der Waals surface area contributed by atoms with Crippen LogP contribution in [0.5, 0.6) is 0 Å². The zero-order chi connectivity index (χ0) is 18.0. The van der Waals surface area contributed by atoms with Crippen LogP contribution in [0.25, 0.3) is 0 Å². The largest absolute Gasteiger partial charge is 0.340 e. The Labute approximate surface area is 156 Å². The number of likely N-dealkylation sites (N-methyl/N-ethyl adjacent to an activating group) is 1. The van der Waals surface area contributed by atoms with E-state index in [9.17, 15) is 4.79 Å². The van der Waals surface area contributed by atoms with Crippen LogP contribution in [0, 0.1) is 0 Å². The van der Waals surface area contributed by atoms with Crippen molar-refractivity contribution in [1.29, 1.82) is 0 Å². The van der Waals surface area contributed by atoms with E-state index in [1.54, 1.807) is 0 Å². The van der Waals surface area contributed by atoms with Crippen molar-refractivity contribution in [3.8, 4) is 0 Å². The maximum Gasteiger partial charge on any atom is 0.222 e. The van der Waals surface area contributed by atoms with Gasteiger partial charge >= 0.3 is 0 Å². The molecule has 2 fully saturated rings. The third kappa shape index (κ3) is 3.41. The van der Waals surface area contributed by atoms with Gasteiger partial charge in [0.1, 0.15) is 0 Å². The molecule has 2 aromatic rings. The number of piperazine rings is 1. The third-order valence-corrected chi connectivity index (χ3v) is 6.27. The zero-order valence-electron chi connectivity index (χ0n) is 15.6. The van der Waals surface area contributed by atoms with Gasteiger partial charge in [-0.3, -0.25) is 4.79 Å². The average Bonchev–Trinajstić information content (AvgIpc) is 3.44. The van der Waals surface area contributed by atoms with Crippen LogP contribution < -0.4 is 0 Å². The van der Waals surface area contributed by atoms with Crippen LogP contribution in [0.15, 0.2) is 60.7 Å². The van der Waals surface area contributed by atoms with E-state index in [4.69, 9.17) is 0 Å². The standard InChI is InChI=1S/C23H28N2O/c1-24-14-16-25(17-15-24)22(26)12-13-23(20-10-6-3-7-11-20)18-21(23)19-8-4-2-5-9-19/h2-11,21H,12-18H2,1H3/t21-,23+/m0/s1. The van der Waals surface area contributed by atoms with Crippen LogP contribution in [-0.4, -0.2) is 48.9 Å². The molecule has 0 N–H and O–H groups in total. The first-order valence-corrected chi connectivity index (χ1v) is 9.76. The molecule has 0 spiro atoms. The van der Waals surface area contributed by atoms with E-state index >= 15 is 0 Å². The lowest BCUT2D eigenvalue weighted by Crippen LogP contribution is -2.47. The number of hydrogen-bond acceptors (Lipinski definition) is 2. The normalized spacial score (nSPS) is 25.9. The summed E-state index contributed by atoms with van der Waals surface area (Å²) in [6.45, 7) is 3.72. The minimum Gasteiger partial charge on any atom is -0.340 e. The van der Waals surface area contributed by atoms with Crippen LogP contribution in [0.4, 0.5) is 0 Å². The zero-order valence-corrected chi connectivity index (χ0v) is 15.6. The lowest BCUT2D eigenvalue weighted by Gasteiger charge is -2.33. The number of carbonyl (C=O) groups is 1. The number of carbonyl (C=O) groups excluding carboxylic acids is 1. The Kier molecular flexibility index (Phi) is 4.82. The molecule has 4 rings (SSSR count). The molecule has 2 aromatic carbocycles. The summed E-state index contributed by atoms with van der Waals surface area (Å²) < 4.78 is 0. The Morgan fingerprint density at radius 2 is 1.58 bits per heavy atom. The smallest absolute Gasteiger partial charge is 0.222 e. The molecule has 2 atom stereocenters. The second-order valence-corrected chi connectivity index (χ2v) is 7.87. The van der Waals surface area contributed by atoms with E-state index in [2.05, 4.69) is 77.5 Å². The van der Waals surface area contributed by atoms with Gasteiger partial charge in [0.2, 0.25) is 5.91 Å². The van der Waals surface area contributed by atoms with E-state index in [0.29, 0.717) is 18.2 Å². The minimum absolute atomic E-state index is 0.130. The van der Waals surface area contributed by atoms with Gasteiger partial charge in [-0.1, -0.05) is 60.7 Å². The molecule has 1 aliphatic carbocycles. The molecule has 1 saturated heterocycles. The van der Waals surface area contributed by atoms with E-state index in [-0.39, 0.29) is 5.41 Å². The fourth-order valence-corrected chi connectivity index (χ4v) is 4.48. The molecule has 1 amide bonds. The maximum absolute atomic E-state index is 12.8. The van der Waals surface area contributed by atoms with Crippen molar-refractivity contribution < 1.29 is 4.79 Å². The SMILES string of the molecule is CN1CCN(C(=O)CC[C@]2(c3ccccc3)C[C@H]2c2ccccc2)CC1. The predicted molar refractivity (Wildman–Crippen MR) is 105 cm³/mol. The van der Waals surface area contributed by atoms with Crippen molar-refractivity contribution in [2.45, 2.75) is 30.6 Å². The Hall–Kier alpha value is -2.13. The van der Waals surface area contributed by atoms with Crippen molar-refractivity contribution in [2.24, 2.45) is 0 Å². The molecular weight excluding hydrogens is 320 g/mol. The highest BCUT2D eigenvalue weighted by Gasteiger charge is 2.55. The monoisotopic (exact) mass is 348 g/mol. The first-order valence-electron chi connectivity index (χ1n) is 9.76. The Morgan fingerprint density at radius 1 is 0.962 bits per heavy atom. The van der Waals surface area contributed by atoms with Crippen LogP contribution in [0.3, 0.4) is 0 Å². The summed E-state index contributed by atoms with van der Waals surface area (Å²) in [4.78, 5) is 17.1. The van der Waals surface area contributed by atoms with E-state index in [0.717, 1.165) is 39.0 Å². The van der Waals surface area contributed by atoms with Gasteiger partial charge in [-0.2, -0.15) is 0 Å². The molecule has 136 valence electrons. The second-order valence-electron chi connectivity index (χ2n) is 7.87. The Balaban J connectivity index is 1.48. The molecule has 0 bridgehead atoms. The Morgan fingerprint density at radius 3 is 2.23 bits per heavy atom. The van der Waals surface area contributed by atoms with Gasteiger partial charge in [-0.05, 0) is 36.9 Å². The highest BCUT2D eigenvalue weighted by Crippen LogP contribution is 2.63.